The molecule has 18 heavy (non-hydrogen) atoms. The highest BCUT2D eigenvalue weighted by molar-refractivity contribution is 14.1. The molecular weight excluding hydrogens is 458 g/mol. The molecule has 1 heterocycles. The fourth-order valence-electron chi connectivity index (χ4n) is 1.91. The molecule has 0 radical (unpaired) electrons. The summed E-state index contributed by atoms with van der Waals surface area (Å²) in [5.74, 6) is 0.0250. The van der Waals surface area contributed by atoms with Crippen LogP contribution in [-0.2, 0) is 0 Å². The summed E-state index contributed by atoms with van der Waals surface area (Å²) in [6.45, 7) is 3.20. The predicted octanol–water partition coefficient (Wildman–Crippen LogP) is 1.99. The van der Waals surface area contributed by atoms with Gasteiger partial charge in [-0.3, -0.25) is 4.79 Å². The molecule has 1 aliphatic heterocycles. The average Bonchev–Trinajstić information content (AvgIpc) is 2.34. The molecule has 0 aromatic heterocycles. The molecule has 1 aromatic rings. The number of likely N-dealkylation sites (N-methyl/N-ethyl adjacent to an activating group) is 1. The first kappa shape index (κ1) is 14.3. The van der Waals surface area contributed by atoms with Gasteiger partial charge in [0.15, 0.2) is 0 Å². The molecule has 0 bridgehead atoms. The molecule has 0 aliphatic carbocycles. The van der Waals surface area contributed by atoms with Crippen molar-refractivity contribution in [2.75, 3.05) is 33.2 Å². The van der Waals surface area contributed by atoms with E-state index in [0.29, 0.717) is 5.56 Å². The Morgan fingerprint density at radius 3 is 2.44 bits per heavy atom. The molecule has 2 rings (SSSR count). The van der Waals surface area contributed by atoms with Crippen molar-refractivity contribution in [1.29, 1.82) is 0 Å². The van der Waals surface area contributed by atoms with Crippen LogP contribution in [0.15, 0.2) is 12.1 Å². The van der Waals surface area contributed by atoms with Crippen LogP contribution >= 0.6 is 45.2 Å². The maximum atomic E-state index is 12.4. The molecule has 1 saturated heterocycles. The van der Waals surface area contributed by atoms with Crippen molar-refractivity contribution in [3.63, 3.8) is 0 Å². The molecule has 0 atom stereocenters. The molecule has 1 aliphatic rings. The normalized spacial score (nSPS) is 16.9. The number of amides is 1. The van der Waals surface area contributed by atoms with E-state index < -0.39 is 0 Å². The summed E-state index contributed by atoms with van der Waals surface area (Å²) in [6.07, 6.45) is 0. The molecule has 0 unspecified atom stereocenters. The van der Waals surface area contributed by atoms with E-state index in [1.54, 1.807) is 11.0 Å². The molecule has 6 heteroatoms. The number of piperazine rings is 1. The number of aromatic hydroxyl groups is 1. The van der Waals surface area contributed by atoms with E-state index in [4.69, 9.17) is 0 Å². The van der Waals surface area contributed by atoms with Gasteiger partial charge >= 0.3 is 0 Å². The fourth-order valence-corrected chi connectivity index (χ4v) is 3.75. The van der Waals surface area contributed by atoms with Gasteiger partial charge in [0, 0.05) is 29.7 Å². The lowest BCUT2D eigenvalue weighted by Crippen LogP contribution is -2.47. The van der Waals surface area contributed by atoms with Crippen LogP contribution in [0, 0.1) is 7.14 Å². The Bertz CT molecular complexity index is 471. The van der Waals surface area contributed by atoms with Gasteiger partial charge in [0.05, 0.1) is 9.13 Å². The number of hydrogen-bond donors (Lipinski definition) is 1. The van der Waals surface area contributed by atoms with Gasteiger partial charge in [-0.25, -0.2) is 0 Å². The van der Waals surface area contributed by atoms with Gasteiger partial charge in [-0.15, -0.1) is 0 Å². The van der Waals surface area contributed by atoms with Crippen molar-refractivity contribution in [2.45, 2.75) is 0 Å². The van der Waals surface area contributed by atoms with Crippen molar-refractivity contribution in [2.24, 2.45) is 0 Å². The second kappa shape index (κ2) is 5.91. The number of nitrogens with zero attached hydrogens (tertiary/aromatic N) is 2. The molecule has 1 fully saturated rings. The molecule has 1 aromatic carbocycles. The molecule has 0 saturated carbocycles. The van der Waals surface area contributed by atoms with E-state index in [2.05, 4.69) is 27.5 Å². The predicted molar refractivity (Wildman–Crippen MR) is 86.9 cm³/mol. The van der Waals surface area contributed by atoms with E-state index in [1.165, 1.54) is 0 Å². The maximum Gasteiger partial charge on any atom is 0.257 e. The Morgan fingerprint density at radius 2 is 1.83 bits per heavy atom. The minimum absolute atomic E-state index is 0.0722. The zero-order valence-electron chi connectivity index (χ0n) is 9.99. The summed E-state index contributed by atoms with van der Waals surface area (Å²) < 4.78 is 1.68. The molecule has 1 amide bonds. The third kappa shape index (κ3) is 3.08. The Kier molecular flexibility index (Phi) is 4.70. The summed E-state index contributed by atoms with van der Waals surface area (Å²) in [6, 6.07) is 3.61. The topological polar surface area (TPSA) is 43.8 Å². The van der Waals surface area contributed by atoms with Crippen molar-refractivity contribution >= 4 is 51.1 Å². The third-order valence-corrected chi connectivity index (χ3v) is 4.49. The summed E-state index contributed by atoms with van der Waals surface area (Å²) in [4.78, 5) is 16.4. The average molecular weight is 472 g/mol. The highest BCUT2D eigenvalue weighted by Crippen LogP contribution is 2.28. The summed E-state index contributed by atoms with van der Waals surface area (Å²) >= 11 is 4.21. The molecule has 98 valence electrons. The van der Waals surface area contributed by atoms with Crippen molar-refractivity contribution in [1.82, 2.24) is 9.80 Å². The summed E-state index contributed by atoms with van der Waals surface area (Å²) in [5.41, 5.74) is 0.413. The van der Waals surface area contributed by atoms with E-state index >= 15 is 0 Å². The quantitative estimate of drug-likeness (QED) is 0.637. The van der Waals surface area contributed by atoms with Crippen LogP contribution in [0.5, 0.6) is 5.75 Å². The van der Waals surface area contributed by atoms with Gasteiger partial charge in [-0.1, -0.05) is 0 Å². The Labute approximate surface area is 134 Å². The maximum absolute atomic E-state index is 12.4. The van der Waals surface area contributed by atoms with Gasteiger partial charge in [-0.2, -0.15) is 0 Å². The van der Waals surface area contributed by atoms with Gasteiger partial charge in [0.1, 0.15) is 5.75 Å². The van der Waals surface area contributed by atoms with Crippen molar-refractivity contribution in [3.8, 4) is 5.75 Å². The Morgan fingerprint density at radius 1 is 1.22 bits per heavy atom. The van der Waals surface area contributed by atoms with Crippen molar-refractivity contribution < 1.29 is 9.90 Å². The standard InChI is InChI=1S/C12H14I2N2O2/c1-15-2-4-16(5-3-15)12(18)9-6-8(13)7-10(14)11(9)17/h6-7,17H,2-5H2,1H3. The Balaban J connectivity index is 2.23. The van der Waals surface area contributed by atoms with E-state index in [9.17, 15) is 9.90 Å². The molecule has 4 nitrogen and oxygen atoms in total. The first-order valence-electron chi connectivity index (χ1n) is 5.65. The first-order valence-corrected chi connectivity index (χ1v) is 7.80. The second-order valence-electron chi connectivity index (χ2n) is 4.38. The Hall–Kier alpha value is -0.0900. The smallest absolute Gasteiger partial charge is 0.257 e. The largest absolute Gasteiger partial charge is 0.506 e. The monoisotopic (exact) mass is 472 g/mol. The number of phenolic OH excluding ortho intramolecular Hbond substituents is 1. The van der Waals surface area contributed by atoms with Crippen LogP contribution in [0.4, 0.5) is 0 Å². The van der Waals surface area contributed by atoms with Crippen LogP contribution in [0.3, 0.4) is 0 Å². The molecular formula is C12H14I2N2O2. The zero-order valence-corrected chi connectivity index (χ0v) is 14.3. The molecule has 1 N–H and O–H groups in total. The lowest BCUT2D eigenvalue weighted by molar-refractivity contribution is 0.0661. The first-order chi connectivity index (χ1) is 8.49. The van der Waals surface area contributed by atoms with Gasteiger partial charge in [0.25, 0.3) is 5.91 Å². The van der Waals surface area contributed by atoms with Crippen LogP contribution in [0.2, 0.25) is 0 Å². The van der Waals surface area contributed by atoms with E-state index in [-0.39, 0.29) is 11.7 Å². The lowest BCUT2D eigenvalue weighted by atomic mass is 10.1. The van der Waals surface area contributed by atoms with Crippen LogP contribution in [0.1, 0.15) is 10.4 Å². The van der Waals surface area contributed by atoms with Gasteiger partial charge < -0.3 is 14.9 Å². The zero-order chi connectivity index (χ0) is 13.3. The number of carbonyl (C=O) groups excluding carboxylic acids is 1. The number of rotatable bonds is 1. The van der Waals surface area contributed by atoms with E-state index in [0.717, 1.165) is 33.3 Å². The summed E-state index contributed by atoms with van der Waals surface area (Å²) in [7, 11) is 2.05. The van der Waals surface area contributed by atoms with Crippen LogP contribution < -0.4 is 0 Å². The number of halogens is 2. The number of carbonyl (C=O) groups is 1. The second-order valence-corrected chi connectivity index (χ2v) is 6.79. The summed E-state index contributed by atoms with van der Waals surface area (Å²) in [5, 5.41) is 10.0. The number of hydrogen-bond acceptors (Lipinski definition) is 3. The van der Waals surface area contributed by atoms with Crippen LogP contribution in [-0.4, -0.2) is 54.0 Å². The number of phenols is 1. The SMILES string of the molecule is CN1CCN(C(=O)c2cc(I)cc(I)c2O)CC1. The third-order valence-electron chi connectivity index (χ3n) is 3.05. The highest BCUT2D eigenvalue weighted by Gasteiger charge is 2.23. The fraction of sp³-hybridized carbons (Fsp3) is 0.417. The van der Waals surface area contributed by atoms with Gasteiger partial charge in [0.2, 0.25) is 0 Å². The highest BCUT2D eigenvalue weighted by atomic mass is 127. The number of benzene rings is 1. The minimum Gasteiger partial charge on any atom is -0.506 e. The van der Waals surface area contributed by atoms with Crippen LogP contribution in [0.25, 0.3) is 0 Å². The minimum atomic E-state index is -0.0722. The van der Waals surface area contributed by atoms with Crippen molar-refractivity contribution in [3.05, 3.63) is 24.8 Å². The molecule has 0 spiro atoms. The van der Waals surface area contributed by atoms with E-state index in [1.807, 2.05) is 35.7 Å². The van der Waals surface area contributed by atoms with Gasteiger partial charge in [-0.05, 0) is 64.4 Å². The lowest BCUT2D eigenvalue weighted by Gasteiger charge is -2.32.